The van der Waals surface area contributed by atoms with Crippen LogP contribution in [0.15, 0.2) is 48.9 Å². The van der Waals surface area contributed by atoms with Gasteiger partial charge < -0.3 is 10.5 Å². The fraction of sp³-hybridized carbons (Fsp3) is 0.286. The van der Waals surface area contributed by atoms with E-state index in [-0.39, 0.29) is 12.1 Å². The van der Waals surface area contributed by atoms with Crippen molar-refractivity contribution in [2.45, 2.75) is 19.1 Å². The third-order valence-electron chi connectivity index (χ3n) is 2.73. The van der Waals surface area contributed by atoms with Crippen LogP contribution in [-0.4, -0.2) is 16.6 Å². The molecule has 18 heavy (non-hydrogen) atoms. The predicted molar refractivity (Wildman–Crippen MR) is 69.8 cm³/mol. The van der Waals surface area contributed by atoms with Gasteiger partial charge in [0.15, 0.2) is 0 Å². The molecule has 0 aliphatic rings. The average Bonchev–Trinajstić information content (AvgIpc) is 2.46. The second kappa shape index (κ2) is 6.23. The Kier molecular flexibility index (Phi) is 4.39. The standard InChI is InChI=1S/C14H17N3O/c1-2-18-14(11-6-4-3-5-7-11)13(15)12-10-16-8-9-17-12/h3-10,13-14H,2,15H2,1H3. The van der Waals surface area contributed by atoms with E-state index in [0.29, 0.717) is 6.61 Å². The number of nitrogens with two attached hydrogens (primary N) is 1. The molecule has 4 nitrogen and oxygen atoms in total. The van der Waals surface area contributed by atoms with Crippen molar-refractivity contribution < 1.29 is 4.74 Å². The molecule has 0 aliphatic carbocycles. The molecule has 0 bridgehead atoms. The van der Waals surface area contributed by atoms with Gasteiger partial charge in [0.25, 0.3) is 0 Å². The van der Waals surface area contributed by atoms with E-state index in [1.807, 2.05) is 37.3 Å². The van der Waals surface area contributed by atoms with Crippen molar-refractivity contribution in [2.24, 2.45) is 5.73 Å². The van der Waals surface area contributed by atoms with Crippen LogP contribution in [0.4, 0.5) is 0 Å². The summed E-state index contributed by atoms with van der Waals surface area (Å²) in [6.07, 6.45) is 4.75. The molecule has 1 aromatic carbocycles. The van der Waals surface area contributed by atoms with E-state index in [0.717, 1.165) is 11.3 Å². The maximum absolute atomic E-state index is 6.23. The summed E-state index contributed by atoms with van der Waals surface area (Å²) in [4.78, 5) is 8.28. The van der Waals surface area contributed by atoms with Crippen molar-refractivity contribution >= 4 is 0 Å². The Bertz CT molecular complexity index is 461. The zero-order valence-corrected chi connectivity index (χ0v) is 10.4. The van der Waals surface area contributed by atoms with Crippen LogP contribution in [0.3, 0.4) is 0 Å². The first-order valence-corrected chi connectivity index (χ1v) is 6.01. The van der Waals surface area contributed by atoms with Crippen LogP contribution in [-0.2, 0) is 4.74 Å². The van der Waals surface area contributed by atoms with E-state index in [9.17, 15) is 0 Å². The topological polar surface area (TPSA) is 61.0 Å². The highest BCUT2D eigenvalue weighted by atomic mass is 16.5. The van der Waals surface area contributed by atoms with Crippen LogP contribution < -0.4 is 5.73 Å². The van der Waals surface area contributed by atoms with Gasteiger partial charge in [0, 0.05) is 19.0 Å². The van der Waals surface area contributed by atoms with E-state index in [1.165, 1.54) is 0 Å². The fourth-order valence-electron chi connectivity index (χ4n) is 1.87. The highest BCUT2D eigenvalue weighted by molar-refractivity contribution is 5.21. The van der Waals surface area contributed by atoms with Crippen LogP contribution >= 0.6 is 0 Å². The third kappa shape index (κ3) is 2.91. The molecule has 1 heterocycles. The number of aromatic nitrogens is 2. The first-order valence-electron chi connectivity index (χ1n) is 6.01. The van der Waals surface area contributed by atoms with Gasteiger partial charge in [-0.2, -0.15) is 0 Å². The van der Waals surface area contributed by atoms with Gasteiger partial charge in [-0.15, -0.1) is 0 Å². The third-order valence-corrected chi connectivity index (χ3v) is 2.73. The first kappa shape index (κ1) is 12.7. The minimum Gasteiger partial charge on any atom is -0.372 e. The molecule has 4 heteroatoms. The monoisotopic (exact) mass is 243 g/mol. The summed E-state index contributed by atoms with van der Waals surface area (Å²) in [5.41, 5.74) is 8.02. The van der Waals surface area contributed by atoms with Gasteiger partial charge in [-0.1, -0.05) is 30.3 Å². The number of benzene rings is 1. The molecule has 2 aromatic rings. The van der Waals surface area contributed by atoms with Gasteiger partial charge in [0.2, 0.25) is 0 Å². The summed E-state index contributed by atoms with van der Waals surface area (Å²) in [5.74, 6) is 0. The van der Waals surface area contributed by atoms with Gasteiger partial charge in [0.05, 0.1) is 17.9 Å². The number of hydrogen-bond acceptors (Lipinski definition) is 4. The lowest BCUT2D eigenvalue weighted by Crippen LogP contribution is -2.23. The molecule has 0 aliphatic heterocycles. The molecule has 2 atom stereocenters. The first-order chi connectivity index (χ1) is 8.83. The Morgan fingerprint density at radius 1 is 1.22 bits per heavy atom. The zero-order chi connectivity index (χ0) is 12.8. The summed E-state index contributed by atoms with van der Waals surface area (Å²) in [6.45, 7) is 2.56. The van der Waals surface area contributed by atoms with Crippen molar-refractivity contribution in [1.82, 2.24) is 9.97 Å². The van der Waals surface area contributed by atoms with Gasteiger partial charge in [-0.05, 0) is 12.5 Å². The molecule has 0 spiro atoms. The Balaban J connectivity index is 2.26. The summed E-state index contributed by atoms with van der Waals surface area (Å²) in [5, 5.41) is 0. The van der Waals surface area contributed by atoms with E-state index in [2.05, 4.69) is 9.97 Å². The highest BCUT2D eigenvalue weighted by Crippen LogP contribution is 2.28. The molecule has 94 valence electrons. The normalized spacial score (nSPS) is 14.1. The smallest absolute Gasteiger partial charge is 0.103 e. The van der Waals surface area contributed by atoms with Gasteiger partial charge >= 0.3 is 0 Å². The van der Waals surface area contributed by atoms with E-state index in [1.54, 1.807) is 18.6 Å². The van der Waals surface area contributed by atoms with Crippen LogP contribution in [0.1, 0.15) is 30.3 Å². The van der Waals surface area contributed by atoms with Crippen molar-refractivity contribution in [3.63, 3.8) is 0 Å². The molecule has 0 saturated carbocycles. The van der Waals surface area contributed by atoms with Crippen LogP contribution in [0.25, 0.3) is 0 Å². The molecule has 0 fully saturated rings. The van der Waals surface area contributed by atoms with E-state index >= 15 is 0 Å². The number of ether oxygens (including phenoxy) is 1. The van der Waals surface area contributed by atoms with E-state index in [4.69, 9.17) is 10.5 Å². The SMILES string of the molecule is CCOC(c1ccccc1)C(N)c1cnccn1. The number of rotatable bonds is 5. The molecular weight excluding hydrogens is 226 g/mol. The summed E-state index contributed by atoms with van der Waals surface area (Å²) in [7, 11) is 0. The summed E-state index contributed by atoms with van der Waals surface area (Å²) in [6, 6.07) is 9.63. The lowest BCUT2D eigenvalue weighted by Gasteiger charge is -2.23. The predicted octanol–water partition coefficient (Wildman–Crippen LogP) is 2.25. The van der Waals surface area contributed by atoms with E-state index < -0.39 is 0 Å². The fourth-order valence-corrected chi connectivity index (χ4v) is 1.87. The Hall–Kier alpha value is -1.78. The lowest BCUT2D eigenvalue weighted by atomic mass is 10.0. The highest BCUT2D eigenvalue weighted by Gasteiger charge is 2.22. The Labute approximate surface area is 107 Å². The Morgan fingerprint density at radius 2 is 2.00 bits per heavy atom. The quantitative estimate of drug-likeness (QED) is 0.875. The molecule has 2 rings (SSSR count). The molecule has 0 radical (unpaired) electrons. The molecule has 0 saturated heterocycles. The van der Waals surface area contributed by atoms with Gasteiger partial charge in [0.1, 0.15) is 6.10 Å². The second-order valence-corrected chi connectivity index (χ2v) is 3.94. The van der Waals surface area contributed by atoms with Crippen molar-refractivity contribution in [1.29, 1.82) is 0 Å². The Morgan fingerprint density at radius 3 is 2.61 bits per heavy atom. The zero-order valence-electron chi connectivity index (χ0n) is 10.4. The van der Waals surface area contributed by atoms with Crippen LogP contribution in [0, 0.1) is 0 Å². The largest absolute Gasteiger partial charge is 0.372 e. The second-order valence-electron chi connectivity index (χ2n) is 3.94. The van der Waals surface area contributed by atoms with Crippen molar-refractivity contribution in [3.8, 4) is 0 Å². The van der Waals surface area contributed by atoms with Crippen molar-refractivity contribution in [2.75, 3.05) is 6.61 Å². The minimum absolute atomic E-state index is 0.201. The molecule has 2 N–H and O–H groups in total. The van der Waals surface area contributed by atoms with Gasteiger partial charge in [-0.3, -0.25) is 9.97 Å². The lowest BCUT2D eigenvalue weighted by molar-refractivity contribution is 0.0419. The molecule has 0 amide bonds. The summed E-state index contributed by atoms with van der Waals surface area (Å²) < 4.78 is 5.75. The average molecular weight is 243 g/mol. The van der Waals surface area contributed by atoms with Gasteiger partial charge in [-0.25, -0.2) is 0 Å². The number of hydrogen-bond donors (Lipinski definition) is 1. The van der Waals surface area contributed by atoms with Crippen molar-refractivity contribution in [3.05, 3.63) is 60.2 Å². The van der Waals surface area contributed by atoms with Crippen LogP contribution in [0.2, 0.25) is 0 Å². The van der Waals surface area contributed by atoms with Crippen LogP contribution in [0.5, 0.6) is 0 Å². The molecular formula is C14H17N3O. The molecule has 1 aromatic heterocycles. The minimum atomic E-state index is -0.318. The number of nitrogens with zero attached hydrogens (tertiary/aromatic N) is 2. The maximum atomic E-state index is 6.23. The summed E-state index contributed by atoms with van der Waals surface area (Å²) >= 11 is 0. The maximum Gasteiger partial charge on any atom is 0.103 e. The molecule has 2 unspecified atom stereocenters.